The number of hydrogen-bond donors (Lipinski definition) is 2. The molecule has 1 saturated heterocycles. The molecule has 1 fully saturated rings. The second-order valence-corrected chi connectivity index (χ2v) is 6.44. The Morgan fingerprint density at radius 2 is 2.10 bits per heavy atom. The molecular formula is C15H32N4OS. The Balaban J connectivity index is 2.15. The van der Waals surface area contributed by atoms with Crippen molar-refractivity contribution in [1.82, 2.24) is 15.5 Å². The fourth-order valence-electron chi connectivity index (χ4n) is 2.54. The van der Waals surface area contributed by atoms with Gasteiger partial charge in [-0.3, -0.25) is 4.99 Å². The van der Waals surface area contributed by atoms with Crippen molar-refractivity contribution < 1.29 is 4.74 Å². The van der Waals surface area contributed by atoms with Crippen LogP contribution in [0.3, 0.4) is 0 Å². The zero-order valence-electron chi connectivity index (χ0n) is 13.9. The van der Waals surface area contributed by atoms with E-state index >= 15 is 0 Å². The van der Waals surface area contributed by atoms with E-state index in [9.17, 15) is 0 Å². The Bertz CT molecular complexity index is 281. The highest BCUT2D eigenvalue weighted by atomic mass is 32.2. The molecule has 6 heteroatoms. The average Bonchev–Trinajstić information content (AvgIpc) is 2.52. The number of methoxy groups -OCH3 is 1. The van der Waals surface area contributed by atoms with Crippen LogP contribution in [0, 0.1) is 0 Å². The van der Waals surface area contributed by atoms with Crippen LogP contribution in [0.15, 0.2) is 4.99 Å². The van der Waals surface area contributed by atoms with E-state index in [1.165, 1.54) is 38.1 Å². The Kier molecular flexibility index (Phi) is 10.7. The summed E-state index contributed by atoms with van der Waals surface area (Å²) in [6.07, 6.45) is 6.84. The highest BCUT2D eigenvalue weighted by molar-refractivity contribution is 7.98. The van der Waals surface area contributed by atoms with Gasteiger partial charge in [0.1, 0.15) is 0 Å². The third-order valence-corrected chi connectivity index (χ3v) is 4.49. The van der Waals surface area contributed by atoms with E-state index in [2.05, 4.69) is 26.8 Å². The topological polar surface area (TPSA) is 48.9 Å². The maximum absolute atomic E-state index is 5.11. The molecule has 21 heavy (non-hydrogen) atoms. The summed E-state index contributed by atoms with van der Waals surface area (Å²) in [7, 11) is 3.62. The molecule has 0 spiro atoms. The number of likely N-dealkylation sites (tertiary alicyclic amines) is 1. The molecule has 124 valence electrons. The number of aliphatic imine (C=N–C) groups is 1. The molecule has 0 aliphatic carbocycles. The number of ether oxygens (including phenoxy) is 1. The first-order valence-corrected chi connectivity index (χ1v) is 9.37. The van der Waals surface area contributed by atoms with E-state index in [-0.39, 0.29) is 0 Å². The molecule has 0 unspecified atom stereocenters. The van der Waals surface area contributed by atoms with Crippen LogP contribution in [0.25, 0.3) is 0 Å². The van der Waals surface area contributed by atoms with Gasteiger partial charge in [-0.05, 0) is 37.7 Å². The van der Waals surface area contributed by atoms with Crippen LogP contribution in [0.4, 0.5) is 0 Å². The lowest BCUT2D eigenvalue weighted by Gasteiger charge is -2.33. The third-order valence-electron chi connectivity index (χ3n) is 3.79. The Hall–Kier alpha value is -0.460. The number of nitrogens with zero attached hydrogens (tertiary/aromatic N) is 2. The van der Waals surface area contributed by atoms with Crippen LogP contribution < -0.4 is 10.6 Å². The average molecular weight is 317 g/mol. The lowest BCUT2D eigenvalue weighted by Crippen LogP contribution is -2.49. The highest BCUT2D eigenvalue weighted by Gasteiger charge is 2.19. The standard InChI is InChI=1S/C15H32N4OS/c1-16-15(17-8-4-13-21-3)18-14-6-10-19(11-7-14)9-5-12-20-2/h14H,4-13H2,1-3H3,(H2,16,17,18). The van der Waals surface area contributed by atoms with Crippen molar-refractivity contribution in [2.75, 3.05) is 59.0 Å². The molecule has 0 amide bonds. The number of guanidine groups is 1. The second kappa shape index (κ2) is 12.1. The Labute approximate surface area is 134 Å². The largest absolute Gasteiger partial charge is 0.385 e. The van der Waals surface area contributed by atoms with E-state index in [0.29, 0.717) is 6.04 Å². The minimum atomic E-state index is 0.551. The van der Waals surface area contributed by atoms with Crippen LogP contribution in [0.2, 0.25) is 0 Å². The van der Waals surface area contributed by atoms with Crippen LogP contribution in [-0.2, 0) is 4.74 Å². The van der Waals surface area contributed by atoms with Gasteiger partial charge in [0.2, 0.25) is 0 Å². The molecule has 0 aromatic heterocycles. The first-order chi connectivity index (χ1) is 10.3. The fourth-order valence-corrected chi connectivity index (χ4v) is 2.98. The number of nitrogens with one attached hydrogen (secondary N) is 2. The van der Waals surface area contributed by atoms with Crippen molar-refractivity contribution in [2.24, 2.45) is 4.99 Å². The lowest BCUT2D eigenvalue weighted by atomic mass is 10.1. The van der Waals surface area contributed by atoms with Crippen molar-refractivity contribution in [3.63, 3.8) is 0 Å². The highest BCUT2D eigenvalue weighted by Crippen LogP contribution is 2.10. The minimum Gasteiger partial charge on any atom is -0.385 e. The summed E-state index contributed by atoms with van der Waals surface area (Å²) in [5.41, 5.74) is 0. The van der Waals surface area contributed by atoms with Gasteiger partial charge in [-0.2, -0.15) is 11.8 Å². The Morgan fingerprint density at radius 3 is 2.71 bits per heavy atom. The zero-order chi connectivity index (χ0) is 15.3. The van der Waals surface area contributed by atoms with Crippen molar-refractivity contribution in [3.05, 3.63) is 0 Å². The van der Waals surface area contributed by atoms with E-state index in [0.717, 1.165) is 32.1 Å². The van der Waals surface area contributed by atoms with Gasteiger partial charge < -0.3 is 20.3 Å². The van der Waals surface area contributed by atoms with E-state index in [4.69, 9.17) is 4.74 Å². The maximum atomic E-state index is 5.11. The molecule has 0 aromatic carbocycles. The van der Waals surface area contributed by atoms with Crippen LogP contribution in [-0.4, -0.2) is 75.9 Å². The van der Waals surface area contributed by atoms with Gasteiger partial charge in [-0.25, -0.2) is 0 Å². The molecule has 0 bridgehead atoms. The predicted molar refractivity (Wildman–Crippen MR) is 93.5 cm³/mol. The summed E-state index contributed by atoms with van der Waals surface area (Å²) < 4.78 is 5.11. The SMILES string of the molecule is CN=C(NCCCSC)NC1CCN(CCCOC)CC1. The molecule has 1 aliphatic heterocycles. The molecular weight excluding hydrogens is 284 g/mol. The summed E-state index contributed by atoms with van der Waals surface area (Å²) >= 11 is 1.89. The third kappa shape index (κ3) is 8.53. The lowest BCUT2D eigenvalue weighted by molar-refractivity contribution is 0.155. The van der Waals surface area contributed by atoms with Crippen LogP contribution in [0.5, 0.6) is 0 Å². The first-order valence-electron chi connectivity index (χ1n) is 7.97. The molecule has 1 aliphatic rings. The summed E-state index contributed by atoms with van der Waals surface area (Å²) in [4.78, 5) is 6.85. The number of rotatable bonds is 9. The van der Waals surface area contributed by atoms with Gasteiger partial charge in [0.25, 0.3) is 0 Å². The molecule has 5 nitrogen and oxygen atoms in total. The van der Waals surface area contributed by atoms with Gasteiger partial charge in [0.05, 0.1) is 0 Å². The van der Waals surface area contributed by atoms with Gasteiger partial charge >= 0.3 is 0 Å². The molecule has 0 atom stereocenters. The minimum absolute atomic E-state index is 0.551. The van der Waals surface area contributed by atoms with E-state index in [1.54, 1.807) is 7.11 Å². The van der Waals surface area contributed by atoms with Gasteiger partial charge in [0, 0.05) is 53.0 Å². The predicted octanol–water partition coefficient (Wildman–Crippen LogP) is 1.41. The number of hydrogen-bond acceptors (Lipinski definition) is 4. The van der Waals surface area contributed by atoms with Crippen LogP contribution in [0.1, 0.15) is 25.7 Å². The Morgan fingerprint density at radius 1 is 1.33 bits per heavy atom. The molecule has 0 saturated carbocycles. The monoisotopic (exact) mass is 316 g/mol. The molecule has 0 aromatic rings. The summed E-state index contributed by atoms with van der Waals surface area (Å²) in [6.45, 7) is 5.36. The normalized spacial score (nSPS) is 18.0. The molecule has 1 rings (SSSR count). The van der Waals surface area contributed by atoms with Gasteiger partial charge in [-0.1, -0.05) is 0 Å². The second-order valence-electron chi connectivity index (χ2n) is 5.45. The van der Waals surface area contributed by atoms with E-state index in [1.807, 2.05) is 18.8 Å². The summed E-state index contributed by atoms with van der Waals surface area (Å²) in [5.74, 6) is 2.15. The van der Waals surface area contributed by atoms with Crippen molar-refractivity contribution in [3.8, 4) is 0 Å². The molecule has 0 radical (unpaired) electrons. The maximum Gasteiger partial charge on any atom is 0.191 e. The van der Waals surface area contributed by atoms with Crippen molar-refractivity contribution in [2.45, 2.75) is 31.7 Å². The molecule has 1 heterocycles. The zero-order valence-corrected chi connectivity index (χ0v) is 14.7. The number of piperidine rings is 1. The van der Waals surface area contributed by atoms with Crippen molar-refractivity contribution >= 4 is 17.7 Å². The summed E-state index contributed by atoms with van der Waals surface area (Å²) in [6, 6.07) is 0.551. The molecule has 2 N–H and O–H groups in total. The quantitative estimate of drug-likeness (QED) is 0.383. The van der Waals surface area contributed by atoms with Gasteiger partial charge in [0.15, 0.2) is 5.96 Å². The van der Waals surface area contributed by atoms with Crippen LogP contribution >= 0.6 is 11.8 Å². The smallest absolute Gasteiger partial charge is 0.191 e. The number of thioether (sulfide) groups is 1. The fraction of sp³-hybridized carbons (Fsp3) is 0.933. The van der Waals surface area contributed by atoms with Crippen molar-refractivity contribution in [1.29, 1.82) is 0 Å². The summed E-state index contributed by atoms with van der Waals surface area (Å²) in [5, 5.41) is 6.95. The first kappa shape index (κ1) is 18.6. The van der Waals surface area contributed by atoms with E-state index < -0.39 is 0 Å². The van der Waals surface area contributed by atoms with Gasteiger partial charge in [-0.15, -0.1) is 0 Å².